The van der Waals surface area contributed by atoms with E-state index in [1.807, 2.05) is 12.3 Å². The van der Waals surface area contributed by atoms with Crippen molar-refractivity contribution in [3.63, 3.8) is 0 Å². The molecule has 1 saturated carbocycles. The van der Waals surface area contributed by atoms with E-state index in [1.54, 1.807) is 10.7 Å². The van der Waals surface area contributed by atoms with Crippen molar-refractivity contribution in [2.24, 2.45) is 5.92 Å². The Balaban J connectivity index is 1.83. The number of nitrogens with one attached hydrogen (secondary N) is 1. The zero-order valence-electron chi connectivity index (χ0n) is 14.3. The second kappa shape index (κ2) is 6.30. The summed E-state index contributed by atoms with van der Waals surface area (Å²) in [5.41, 5.74) is 1.67. The number of hydrogen-bond donors (Lipinski definition) is 1. The number of carbonyl (C=O) groups is 1. The van der Waals surface area contributed by atoms with Crippen molar-refractivity contribution in [2.75, 3.05) is 5.32 Å². The molecule has 1 N–H and O–H groups in total. The average molecular weight is 314 g/mol. The highest BCUT2D eigenvalue weighted by atomic mass is 16.1. The molecule has 0 unspecified atom stereocenters. The average Bonchev–Trinajstić information content (AvgIpc) is 2.85. The minimum absolute atomic E-state index is 0.0748. The van der Waals surface area contributed by atoms with Gasteiger partial charge >= 0.3 is 0 Å². The topological polar surface area (TPSA) is 59.3 Å². The van der Waals surface area contributed by atoms with Gasteiger partial charge in [0.25, 0.3) is 0 Å². The van der Waals surface area contributed by atoms with Crippen molar-refractivity contribution in [2.45, 2.75) is 64.7 Å². The first-order chi connectivity index (χ1) is 10.9. The summed E-state index contributed by atoms with van der Waals surface area (Å²) in [6.07, 6.45) is 10.4. The van der Waals surface area contributed by atoms with E-state index in [1.165, 1.54) is 32.1 Å². The monoisotopic (exact) mass is 314 g/mol. The molecule has 0 aromatic carbocycles. The molecule has 0 bridgehead atoms. The van der Waals surface area contributed by atoms with E-state index in [2.05, 4.69) is 36.2 Å². The second-order valence-electron chi connectivity index (χ2n) is 7.62. The number of nitrogens with zero attached hydrogens (tertiary/aromatic N) is 3. The first kappa shape index (κ1) is 16.0. The van der Waals surface area contributed by atoms with Gasteiger partial charge in [-0.2, -0.15) is 0 Å². The Bertz CT molecular complexity index is 693. The predicted molar refractivity (Wildman–Crippen MR) is 91.5 cm³/mol. The molecule has 5 nitrogen and oxygen atoms in total. The van der Waals surface area contributed by atoms with Crippen LogP contribution < -0.4 is 5.32 Å². The number of amides is 1. The highest BCUT2D eigenvalue weighted by molar-refractivity contribution is 5.92. The number of rotatable bonds is 3. The second-order valence-corrected chi connectivity index (χ2v) is 7.62. The van der Waals surface area contributed by atoms with Crippen LogP contribution in [0.3, 0.4) is 0 Å². The third kappa shape index (κ3) is 3.54. The molecule has 1 aliphatic carbocycles. The molecule has 23 heavy (non-hydrogen) atoms. The van der Waals surface area contributed by atoms with Gasteiger partial charge in [-0.1, -0.05) is 40.0 Å². The number of carbonyl (C=O) groups excluding carboxylic acids is 1. The summed E-state index contributed by atoms with van der Waals surface area (Å²) in [6.45, 7) is 6.36. The van der Waals surface area contributed by atoms with Gasteiger partial charge in [0.1, 0.15) is 0 Å². The van der Waals surface area contributed by atoms with Crippen LogP contribution in [0.15, 0.2) is 18.5 Å². The van der Waals surface area contributed by atoms with Crippen LogP contribution in [0.1, 0.15) is 64.9 Å². The fraction of sp³-hybridized carbons (Fsp3) is 0.611. The summed E-state index contributed by atoms with van der Waals surface area (Å²) in [5.74, 6) is 1.25. The Hall–Kier alpha value is -1.91. The molecular formula is C18H26N4O. The van der Waals surface area contributed by atoms with Crippen LogP contribution in [0.5, 0.6) is 0 Å². The molecule has 124 valence electrons. The lowest BCUT2D eigenvalue weighted by Crippen LogP contribution is -2.21. The molecule has 0 saturated heterocycles. The Morgan fingerprint density at radius 2 is 2.04 bits per heavy atom. The number of aromatic nitrogens is 3. The summed E-state index contributed by atoms with van der Waals surface area (Å²) in [7, 11) is 0. The highest BCUT2D eigenvalue weighted by Gasteiger charge is 2.27. The SMILES string of the molecule is CC(C)(C)c1c(NC(=O)CC2CCCCC2)nn2cccnc12. The Labute approximate surface area is 137 Å². The molecule has 2 aromatic rings. The van der Waals surface area contributed by atoms with Gasteiger partial charge in [-0.15, -0.1) is 5.10 Å². The van der Waals surface area contributed by atoms with Crippen LogP contribution in [0.25, 0.3) is 5.65 Å². The van der Waals surface area contributed by atoms with Crippen LogP contribution in [-0.4, -0.2) is 20.5 Å². The van der Waals surface area contributed by atoms with Crippen LogP contribution in [-0.2, 0) is 10.2 Å². The van der Waals surface area contributed by atoms with E-state index < -0.39 is 0 Å². The van der Waals surface area contributed by atoms with E-state index in [9.17, 15) is 4.79 Å². The lowest BCUT2D eigenvalue weighted by atomic mass is 9.86. The molecule has 0 radical (unpaired) electrons. The molecule has 3 rings (SSSR count). The zero-order chi connectivity index (χ0) is 16.4. The van der Waals surface area contributed by atoms with E-state index in [-0.39, 0.29) is 11.3 Å². The minimum atomic E-state index is -0.135. The molecule has 1 aliphatic rings. The maximum atomic E-state index is 12.5. The third-order valence-corrected chi connectivity index (χ3v) is 4.60. The van der Waals surface area contributed by atoms with Gasteiger partial charge in [-0.3, -0.25) is 4.79 Å². The van der Waals surface area contributed by atoms with Crippen LogP contribution in [0.4, 0.5) is 5.82 Å². The van der Waals surface area contributed by atoms with Gasteiger partial charge in [0.15, 0.2) is 11.5 Å². The summed E-state index contributed by atoms with van der Waals surface area (Å²) in [5, 5.41) is 7.58. The Morgan fingerprint density at radius 3 is 2.74 bits per heavy atom. The summed E-state index contributed by atoms with van der Waals surface area (Å²) >= 11 is 0. The lowest BCUT2D eigenvalue weighted by Gasteiger charge is -2.21. The maximum absolute atomic E-state index is 12.5. The van der Waals surface area contributed by atoms with Crippen molar-refractivity contribution in [1.29, 1.82) is 0 Å². The summed E-state index contributed by atoms with van der Waals surface area (Å²) in [4.78, 5) is 16.9. The fourth-order valence-corrected chi connectivity index (χ4v) is 3.50. The van der Waals surface area contributed by atoms with Crippen molar-refractivity contribution in [1.82, 2.24) is 14.6 Å². The molecule has 1 amide bonds. The Morgan fingerprint density at radius 1 is 1.30 bits per heavy atom. The lowest BCUT2D eigenvalue weighted by molar-refractivity contribution is -0.117. The molecule has 0 aliphatic heterocycles. The minimum Gasteiger partial charge on any atom is -0.309 e. The molecular weight excluding hydrogens is 288 g/mol. The first-order valence-corrected chi connectivity index (χ1v) is 8.59. The highest BCUT2D eigenvalue weighted by Crippen LogP contribution is 2.33. The predicted octanol–water partition coefficient (Wildman–Crippen LogP) is 3.94. The smallest absolute Gasteiger partial charge is 0.225 e. The number of hydrogen-bond acceptors (Lipinski definition) is 3. The summed E-state index contributed by atoms with van der Waals surface area (Å²) < 4.78 is 1.75. The largest absolute Gasteiger partial charge is 0.309 e. The van der Waals surface area contributed by atoms with E-state index >= 15 is 0 Å². The maximum Gasteiger partial charge on any atom is 0.225 e. The molecule has 5 heteroatoms. The molecule has 2 heterocycles. The summed E-state index contributed by atoms with van der Waals surface area (Å²) in [6, 6.07) is 1.85. The first-order valence-electron chi connectivity index (χ1n) is 8.59. The van der Waals surface area contributed by atoms with Crippen LogP contribution in [0, 0.1) is 5.92 Å². The standard InChI is InChI=1S/C18H26N4O/c1-18(2,3)15-16(21-22-11-7-10-19-17(15)22)20-14(23)12-13-8-5-4-6-9-13/h7,10-11,13H,4-6,8-9,12H2,1-3H3,(H,20,21,23). The van der Waals surface area contributed by atoms with Crippen LogP contribution >= 0.6 is 0 Å². The fourth-order valence-electron chi connectivity index (χ4n) is 3.50. The van der Waals surface area contributed by atoms with Crippen molar-refractivity contribution in [3.05, 3.63) is 24.0 Å². The van der Waals surface area contributed by atoms with Crippen molar-refractivity contribution >= 4 is 17.4 Å². The molecule has 0 spiro atoms. The van der Waals surface area contributed by atoms with Crippen LogP contribution in [0.2, 0.25) is 0 Å². The number of anilines is 1. The van der Waals surface area contributed by atoms with Gasteiger partial charge < -0.3 is 5.32 Å². The Kier molecular flexibility index (Phi) is 4.37. The molecule has 0 atom stereocenters. The van der Waals surface area contributed by atoms with Gasteiger partial charge in [0.2, 0.25) is 5.91 Å². The van der Waals surface area contributed by atoms with E-state index in [0.717, 1.165) is 11.2 Å². The molecule has 1 fully saturated rings. The zero-order valence-corrected chi connectivity index (χ0v) is 14.3. The number of fused-ring (bicyclic) bond motifs is 1. The normalized spacial score (nSPS) is 16.7. The van der Waals surface area contributed by atoms with Gasteiger partial charge in [0, 0.05) is 24.4 Å². The van der Waals surface area contributed by atoms with E-state index in [4.69, 9.17) is 0 Å². The van der Waals surface area contributed by atoms with E-state index in [0.29, 0.717) is 18.2 Å². The van der Waals surface area contributed by atoms with Crippen molar-refractivity contribution in [3.8, 4) is 0 Å². The van der Waals surface area contributed by atoms with Crippen molar-refractivity contribution < 1.29 is 4.79 Å². The van der Waals surface area contributed by atoms with Gasteiger partial charge in [-0.05, 0) is 30.2 Å². The quantitative estimate of drug-likeness (QED) is 0.933. The molecule has 2 aromatic heterocycles. The van der Waals surface area contributed by atoms with Gasteiger partial charge in [0.05, 0.1) is 0 Å². The third-order valence-electron chi connectivity index (χ3n) is 4.60. The van der Waals surface area contributed by atoms with Gasteiger partial charge in [-0.25, -0.2) is 9.50 Å².